The molecule has 0 saturated carbocycles. The molecule has 0 fully saturated rings. The van der Waals surface area contributed by atoms with Crippen molar-refractivity contribution in [1.29, 1.82) is 0 Å². The van der Waals surface area contributed by atoms with Crippen molar-refractivity contribution in [3.8, 4) is 11.4 Å². The molecule has 2 heterocycles. The summed E-state index contributed by atoms with van der Waals surface area (Å²) in [7, 11) is -5.58. The van der Waals surface area contributed by atoms with Crippen LogP contribution in [0, 0.1) is 49.4 Å². The number of ketones is 1. The van der Waals surface area contributed by atoms with Gasteiger partial charge in [0.15, 0.2) is 19.8 Å². The van der Waals surface area contributed by atoms with Gasteiger partial charge in [0.2, 0.25) is 0 Å². The summed E-state index contributed by atoms with van der Waals surface area (Å²) >= 11 is 0. The van der Waals surface area contributed by atoms with Crippen LogP contribution in [0.5, 0.6) is 5.75 Å². The monoisotopic (exact) mass is 1110 g/mol. The number of alkyl halides is 3. The maximum atomic E-state index is 13.8. The van der Waals surface area contributed by atoms with Gasteiger partial charge in [0.1, 0.15) is 11.3 Å². The molecule has 0 bridgehead atoms. The molecule has 2 aromatic heterocycles. The van der Waals surface area contributed by atoms with Gasteiger partial charge in [0, 0.05) is 97.7 Å². The molecule has 9 aromatic rings. The molecule has 13 heteroatoms. The second-order valence-corrected chi connectivity index (χ2v) is 20.9. The van der Waals surface area contributed by atoms with Gasteiger partial charge in [0.05, 0.1) is 16.4 Å². The molecule has 0 aliphatic carbocycles. The second kappa shape index (κ2) is 23.2. The number of para-hydroxylation sites is 2. The number of benzene rings is 7. The van der Waals surface area contributed by atoms with E-state index in [1.165, 1.54) is 6.07 Å². The number of nitrogens with zero attached hydrogens (tertiary/aromatic N) is 1. The second-order valence-electron chi connectivity index (χ2n) is 15.4. The Bertz CT molecular complexity index is 3410. The van der Waals surface area contributed by atoms with Gasteiger partial charge in [-0.05, 0) is 44.2 Å². The zero-order chi connectivity index (χ0) is 49.3. The quantitative estimate of drug-likeness (QED) is 0.0633. The van der Waals surface area contributed by atoms with Crippen molar-refractivity contribution >= 4 is 74.1 Å². The number of halogens is 3. The van der Waals surface area contributed by atoms with Crippen molar-refractivity contribution in [1.82, 2.24) is 4.57 Å². The van der Waals surface area contributed by atoms with Gasteiger partial charge >= 0.3 is 11.8 Å². The van der Waals surface area contributed by atoms with Crippen molar-refractivity contribution in [3.05, 3.63) is 252 Å². The van der Waals surface area contributed by atoms with Crippen molar-refractivity contribution in [2.75, 3.05) is 0 Å². The van der Waals surface area contributed by atoms with Crippen LogP contribution in [0.2, 0.25) is 0 Å². The summed E-state index contributed by atoms with van der Waals surface area (Å²) in [4.78, 5) is 23.9. The first kappa shape index (κ1) is 53.2. The number of aromatic nitrogens is 1. The van der Waals surface area contributed by atoms with Gasteiger partial charge in [-0.2, -0.15) is 13.2 Å². The summed E-state index contributed by atoms with van der Waals surface area (Å²) in [6.07, 6.45) is 1.70. The third kappa shape index (κ3) is 10.5. The minimum absolute atomic E-state index is 0. The van der Waals surface area contributed by atoms with Gasteiger partial charge in [0.25, 0.3) is 5.78 Å². The summed E-state index contributed by atoms with van der Waals surface area (Å²) in [5, 5.41) is 16.5. The fourth-order valence-corrected chi connectivity index (χ4v) is 13.6. The fourth-order valence-electron chi connectivity index (χ4n) is 8.23. The molecule has 1 N–H and O–H groups in total. The molecule has 0 unspecified atom stereocenters. The molecule has 7 nitrogen and oxygen atoms in total. The molecular weight excluding hydrogens is 1070 g/mol. The molecule has 0 aliphatic rings. The standard InChI is InChI=1S/C23H12F3NO4.C18H15OP.C16H19OP.Eu/c24-23(25,26)21(29)19-20(28)18-16(31-22(19)30)11-10-15-17(18)13-8-4-5-9-14(13)27(15)12-6-2-1-3-7-12;19-20(16-10-4-1-5-11-16,17-12-6-2-7-13-17)18-14-8-3-9-15-18;1-5-14(6-2)18(17,15(7-3)8-4)16-12-10-9-11-13-16;/h1-11,28H;1-15H;5-13H,1,3H2,2,4H3;/b;;14-6+,15-8+;. The minimum Gasteiger partial charge on any atom is -0.506 e. The predicted molar refractivity (Wildman–Crippen MR) is 276 cm³/mol. The Labute approximate surface area is 444 Å². The van der Waals surface area contributed by atoms with Crippen LogP contribution in [-0.2, 0) is 9.13 Å². The third-order valence-electron chi connectivity index (χ3n) is 11.4. The van der Waals surface area contributed by atoms with Crippen molar-refractivity contribution < 1.29 is 86.0 Å². The van der Waals surface area contributed by atoms with E-state index in [4.69, 9.17) is 4.42 Å². The van der Waals surface area contributed by atoms with Crippen LogP contribution in [0.3, 0.4) is 0 Å². The Balaban J connectivity index is 0.000000180. The number of rotatable bonds is 10. The maximum absolute atomic E-state index is 13.8. The minimum atomic E-state index is -5.34. The van der Waals surface area contributed by atoms with E-state index >= 15 is 0 Å². The van der Waals surface area contributed by atoms with Crippen molar-refractivity contribution in [2.24, 2.45) is 0 Å². The van der Waals surface area contributed by atoms with Crippen LogP contribution in [0.4, 0.5) is 13.2 Å². The zero-order valence-electron chi connectivity index (χ0n) is 38.0. The van der Waals surface area contributed by atoms with Crippen LogP contribution in [0.1, 0.15) is 24.2 Å². The first-order chi connectivity index (χ1) is 33.2. The largest absolute Gasteiger partial charge is 0.506 e. The molecule has 0 aliphatic heterocycles. The van der Waals surface area contributed by atoms with E-state index in [2.05, 4.69) is 13.2 Å². The van der Waals surface area contributed by atoms with Crippen LogP contribution in [0.25, 0.3) is 38.5 Å². The molecule has 70 heavy (non-hydrogen) atoms. The van der Waals surface area contributed by atoms with Crippen LogP contribution < -0.4 is 26.8 Å². The average Bonchev–Trinajstić information content (AvgIpc) is 3.72. The predicted octanol–water partition coefficient (Wildman–Crippen LogP) is 13.5. The molecule has 353 valence electrons. The first-order valence-electron chi connectivity index (χ1n) is 21.7. The van der Waals surface area contributed by atoms with Crippen LogP contribution >= 0.6 is 14.3 Å². The number of allylic oxidation sites excluding steroid dienone is 6. The average molecular weight is 1110 g/mol. The zero-order valence-corrected chi connectivity index (χ0v) is 42.2. The van der Waals surface area contributed by atoms with Gasteiger partial charge in [-0.15, -0.1) is 0 Å². The number of carbonyl (C=O) groups excluding carboxylic acids is 1. The van der Waals surface area contributed by atoms with E-state index in [9.17, 15) is 37.0 Å². The summed E-state index contributed by atoms with van der Waals surface area (Å²) in [6, 6.07) is 58.0. The number of Topliss-reactive ketones (excluding diaryl/α,β-unsaturated/α-hetero) is 1. The van der Waals surface area contributed by atoms with Crippen molar-refractivity contribution in [2.45, 2.75) is 20.0 Å². The van der Waals surface area contributed by atoms with E-state index < -0.39 is 43.2 Å². The topological polar surface area (TPSA) is 107 Å². The molecular formula is C57H46EuF3NO6P2. The number of fused-ring (bicyclic) bond motifs is 5. The number of hydrogen-bond donors (Lipinski definition) is 1. The molecule has 7 aromatic carbocycles. The molecule has 0 atom stereocenters. The number of hydrogen-bond acceptors (Lipinski definition) is 6. The summed E-state index contributed by atoms with van der Waals surface area (Å²) in [5.74, 6) is -3.50. The Morgan fingerprint density at radius 2 is 1.00 bits per heavy atom. The summed E-state index contributed by atoms with van der Waals surface area (Å²) < 4.78 is 73.3. The fraction of sp³-hybridized carbons (Fsp3) is 0.0526. The first-order valence-corrected chi connectivity index (χ1v) is 25.1. The number of carbonyl (C=O) groups is 1. The van der Waals surface area contributed by atoms with Crippen LogP contribution in [0.15, 0.2) is 245 Å². The van der Waals surface area contributed by atoms with Gasteiger partial charge in [-0.3, -0.25) is 4.79 Å². The summed E-state index contributed by atoms with van der Waals surface area (Å²) in [5.41, 5.74) is -1.01. The molecule has 0 spiro atoms. The Hall–Kier alpha value is -6.19. The maximum Gasteiger partial charge on any atom is 0.455 e. The van der Waals surface area contributed by atoms with E-state index in [0.29, 0.717) is 16.3 Å². The van der Waals surface area contributed by atoms with Gasteiger partial charge in [-0.25, -0.2) is 4.79 Å². The summed E-state index contributed by atoms with van der Waals surface area (Å²) in [6.45, 7) is 11.3. The Morgan fingerprint density at radius 1 is 0.586 bits per heavy atom. The molecule has 0 amide bonds. The van der Waals surface area contributed by atoms with Gasteiger partial charge in [-0.1, -0.05) is 195 Å². The van der Waals surface area contributed by atoms with Crippen LogP contribution in [-0.4, -0.2) is 21.6 Å². The smallest absolute Gasteiger partial charge is 0.455 e. The SMILES string of the molecule is C=C/C(=C\C)P(=O)(/C(C=C)=C/C)c1ccccc1.O=C(c1c(O)c2c(ccc3c2c2ccccc2n3-c2ccccc2)oc1=O)C(F)(F)F.O=P(c1ccccc1)(c1ccccc1)c1ccccc1.[Eu]. The van der Waals surface area contributed by atoms with E-state index in [-0.39, 0.29) is 60.3 Å². The van der Waals surface area contributed by atoms with E-state index in [0.717, 1.165) is 43.1 Å². The van der Waals surface area contributed by atoms with E-state index in [1.54, 1.807) is 36.4 Å². The van der Waals surface area contributed by atoms with E-state index in [1.807, 2.05) is 188 Å². The van der Waals surface area contributed by atoms with Gasteiger partial charge < -0.3 is 23.2 Å². The molecule has 9 rings (SSSR count). The van der Waals surface area contributed by atoms with Crippen molar-refractivity contribution in [3.63, 3.8) is 0 Å². The molecule has 1 radical (unpaired) electrons. The third-order valence-corrected chi connectivity index (χ3v) is 17.8. The number of aromatic hydroxyl groups is 1. The Morgan fingerprint density at radius 3 is 1.43 bits per heavy atom. The molecule has 0 saturated heterocycles. The normalized spacial score (nSPS) is 12.6. The Kier molecular flexibility index (Phi) is 17.6.